The fourth-order valence-electron chi connectivity index (χ4n) is 1.97. The van der Waals surface area contributed by atoms with Gasteiger partial charge in [0.25, 0.3) is 0 Å². The number of benzene rings is 1. The molecule has 2 aromatic rings. The molecule has 1 heterocycles. The van der Waals surface area contributed by atoms with E-state index in [1.54, 1.807) is 0 Å². The molecule has 0 spiro atoms. The summed E-state index contributed by atoms with van der Waals surface area (Å²) in [4.78, 5) is 13.9. The first-order chi connectivity index (χ1) is 10.3. The molecule has 8 heteroatoms. The monoisotopic (exact) mass is 309 g/mol. The van der Waals surface area contributed by atoms with Gasteiger partial charge in [0.1, 0.15) is 29.1 Å². The summed E-state index contributed by atoms with van der Waals surface area (Å²) in [6.45, 7) is 1.11. The molecule has 22 heavy (non-hydrogen) atoms. The minimum absolute atomic E-state index is 0.113. The van der Waals surface area contributed by atoms with Crippen molar-refractivity contribution >= 4 is 11.4 Å². The average Bonchev–Trinajstić information content (AvgIpc) is 2.45. The summed E-state index contributed by atoms with van der Waals surface area (Å²) in [5.41, 5.74) is -1.92. The number of hydrogen-bond donors (Lipinski definition) is 2. The van der Waals surface area contributed by atoms with E-state index in [4.69, 9.17) is 0 Å². The number of anilines is 1. The van der Waals surface area contributed by atoms with E-state index in [1.165, 1.54) is 19.2 Å². The first-order valence-electron chi connectivity index (χ1n) is 6.31. The number of nitro groups is 1. The maximum absolute atomic E-state index is 13.7. The summed E-state index contributed by atoms with van der Waals surface area (Å²) in [5.74, 6) is -1.65. The van der Waals surface area contributed by atoms with Gasteiger partial charge in [0, 0.05) is 24.4 Å². The number of pyridine rings is 1. The zero-order valence-corrected chi connectivity index (χ0v) is 11.6. The molecular weight excluding hydrogens is 296 g/mol. The van der Waals surface area contributed by atoms with Gasteiger partial charge in [-0.3, -0.25) is 15.1 Å². The lowest BCUT2D eigenvalue weighted by atomic mass is 9.95. The highest BCUT2D eigenvalue weighted by Crippen LogP contribution is 2.27. The molecule has 0 fully saturated rings. The number of rotatable bonds is 5. The smallest absolute Gasteiger partial charge is 0.310 e. The van der Waals surface area contributed by atoms with Crippen LogP contribution < -0.4 is 5.32 Å². The van der Waals surface area contributed by atoms with E-state index >= 15 is 0 Å². The highest BCUT2D eigenvalue weighted by molar-refractivity contribution is 5.59. The van der Waals surface area contributed by atoms with Crippen molar-refractivity contribution in [1.29, 1.82) is 0 Å². The normalized spacial score (nSPS) is 13.5. The number of halogens is 2. The lowest BCUT2D eigenvalue weighted by Gasteiger charge is -2.25. The van der Waals surface area contributed by atoms with Crippen molar-refractivity contribution in [1.82, 2.24) is 4.98 Å². The van der Waals surface area contributed by atoms with Gasteiger partial charge in [-0.05, 0) is 19.1 Å². The second-order valence-corrected chi connectivity index (χ2v) is 4.90. The predicted molar refractivity (Wildman–Crippen MR) is 75.3 cm³/mol. The number of aliphatic hydroxyl groups is 1. The third-order valence-corrected chi connectivity index (χ3v) is 3.13. The molecule has 1 atom stereocenters. The quantitative estimate of drug-likeness (QED) is 0.654. The number of nitrogens with one attached hydrogen (secondary N) is 1. The molecule has 2 N–H and O–H groups in total. The van der Waals surface area contributed by atoms with E-state index in [-0.39, 0.29) is 23.5 Å². The highest BCUT2D eigenvalue weighted by Gasteiger charge is 2.27. The van der Waals surface area contributed by atoms with Crippen LogP contribution in [0.2, 0.25) is 0 Å². The van der Waals surface area contributed by atoms with Crippen molar-refractivity contribution in [3.05, 3.63) is 64.0 Å². The topological polar surface area (TPSA) is 88.3 Å². The lowest BCUT2D eigenvalue weighted by molar-refractivity contribution is -0.384. The average molecular weight is 309 g/mol. The Kier molecular flexibility index (Phi) is 4.32. The predicted octanol–water partition coefficient (Wildman–Crippen LogP) is 2.59. The van der Waals surface area contributed by atoms with Crippen LogP contribution >= 0.6 is 0 Å². The Morgan fingerprint density at radius 2 is 2.14 bits per heavy atom. The summed E-state index contributed by atoms with van der Waals surface area (Å²) < 4.78 is 26.6. The second kappa shape index (κ2) is 6.02. The van der Waals surface area contributed by atoms with Gasteiger partial charge in [-0.1, -0.05) is 6.07 Å². The Hall–Kier alpha value is -2.61. The Labute approximate surface area is 124 Å². The van der Waals surface area contributed by atoms with Crippen molar-refractivity contribution in [2.24, 2.45) is 0 Å². The van der Waals surface area contributed by atoms with Gasteiger partial charge in [-0.25, -0.2) is 8.78 Å². The molecular formula is C14H13F2N3O3. The molecule has 0 aliphatic rings. The first kappa shape index (κ1) is 15.8. The summed E-state index contributed by atoms with van der Waals surface area (Å²) in [5, 5.41) is 23.9. The Morgan fingerprint density at radius 1 is 1.41 bits per heavy atom. The standard InChI is InChI=1S/C14H13F2N3O3/c1-14(20,10-3-2-9(15)6-11(10)16)8-18-12-4-5-17-7-13(12)19(21)22/h2-7,20H,8H2,1H3,(H,17,18). The zero-order valence-electron chi connectivity index (χ0n) is 11.6. The molecule has 0 aliphatic heterocycles. The minimum atomic E-state index is -1.69. The van der Waals surface area contributed by atoms with Crippen LogP contribution in [0.15, 0.2) is 36.7 Å². The third-order valence-electron chi connectivity index (χ3n) is 3.13. The van der Waals surface area contributed by atoms with E-state index in [1.807, 2.05) is 0 Å². The fourth-order valence-corrected chi connectivity index (χ4v) is 1.97. The number of aromatic nitrogens is 1. The van der Waals surface area contributed by atoms with Crippen LogP contribution in [0, 0.1) is 21.7 Å². The molecule has 0 saturated carbocycles. The molecule has 1 aromatic carbocycles. The van der Waals surface area contributed by atoms with Crippen LogP contribution in [0.4, 0.5) is 20.2 Å². The molecule has 0 radical (unpaired) electrons. The van der Waals surface area contributed by atoms with Gasteiger partial charge >= 0.3 is 5.69 Å². The summed E-state index contributed by atoms with van der Waals surface area (Å²) >= 11 is 0. The Balaban J connectivity index is 2.21. The Morgan fingerprint density at radius 3 is 2.77 bits per heavy atom. The molecule has 116 valence electrons. The van der Waals surface area contributed by atoms with Crippen molar-refractivity contribution < 1.29 is 18.8 Å². The van der Waals surface area contributed by atoms with Crippen molar-refractivity contribution in [3.8, 4) is 0 Å². The zero-order chi connectivity index (χ0) is 16.3. The van der Waals surface area contributed by atoms with Crippen LogP contribution in [0.3, 0.4) is 0 Å². The molecule has 2 rings (SSSR count). The molecule has 0 saturated heterocycles. The van der Waals surface area contributed by atoms with Gasteiger partial charge in [0.05, 0.1) is 4.92 Å². The van der Waals surface area contributed by atoms with Crippen LogP contribution in [-0.4, -0.2) is 21.6 Å². The Bertz CT molecular complexity index is 707. The van der Waals surface area contributed by atoms with E-state index in [2.05, 4.69) is 10.3 Å². The SMILES string of the molecule is CC(O)(CNc1ccncc1[N+](=O)[O-])c1ccc(F)cc1F. The van der Waals surface area contributed by atoms with Gasteiger partial charge in [0.2, 0.25) is 0 Å². The summed E-state index contributed by atoms with van der Waals surface area (Å²) in [6, 6.07) is 4.20. The van der Waals surface area contributed by atoms with Gasteiger partial charge in [-0.15, -0.1) is 0 Å². The first-order valence-corrected chi connectivity index (χ1v) is 6.31. The number of nitrogens with zero attached hydrogens (tertiary/aromatic N) is 2. The van der Waals surface area contributed by atoms with E-state index in [0.717, 1.165) is 18.3 Å². The van der Waals surface area contributed by atoms with Gasteiger partial charge in [0.15, 0.2) is 0 Å². The van der Waals surface area contributed by atoms with E-state index in [9.17, 15) is 24.0 Å². The largest absolute Gasteiger partial charge is 0.383 e. The highest BCUT2D eigenvalue weighted by atomic mass is 19.1. The lowest BCUT2D eigenvalue weighted by Crippen LogP contribution is -2.32. The van der Waals surface area contributed by atoms with Gasteiger partial charge < -0.3 is 10.4 Å². The van der Waals surface area contributed by atoms with Crippen molar-refractivity contribution in [2.75, 3.05) is 11.9 Å². The summed E-state index contributed by atoms with van der Waals surface area (Å²) in [6.07, 6.45) is 2.41. The molecule has 0 aliphatic carbocycles. The van der Waals surface area contributed by atoms with Crippen LogP contribution in [0.5, 0.6) is 0 Å². The van der Waals surface area contributed by atoms with Gasteiger partial charge in [-0.2, -0.15) is 0 Å². The second-order valence-electron chi connectivity index (χ2n) is 4.90. The van der Waals surface area contributed by atoms with Crippen LogP contribution in [-0.2, 0) is 5.60 Å². The maximum Gasteiger partial charge on any atom is 0.310 e. The fraction of sp³-hybridized carbons (Fsp3) is 0.214. The van der Waals surface area contributed by atoms with Crippen molar-refractivity contribution in [3.63, 3.8) is 0 Å². The van der Waals surface area contributed by atoms with E-state index < -0.39 is 22.2 Å². The molecule has 0 bridgehead atoms. The third kappa shape index (κ3) is 3.34. The maximum atomic E-state index is 13.7. The number of hydrogen-bond acceptors (Lipinski definition) is 5. The molecule has 0 amide bonds. The van der Waals surface area contributed by atoms with E-state index in [0.29, 0.717) is 6.07 Å². The van der Waals surface area contributed by atoms with Crippen molar-refractivity contribution in [2.45, 2.75) is 12.5 Å². The van der Waals surface area contributed by atoms with Crippen LogP contribution in [0.1, 0.15) is 12.5 Å². The van der Waals surface area contributed by atoms with Crippen LogP contribution in [0.25, 0.3) is 0 Å². The molecule has 1 unspecified atom stereocenters. The minimum Gasteiger partial charge on any atom is -0.383 e. The molecule has 6 nitrogen and oxygen atoms in total. The molecule has 1 aromatic heterocycles. The summed E-state index contributed by atoms with van der Waals surface area (Å²) in [7, 11) is 0.